The van der Waals surface area contributed by atoms with E-state index in [1.165, 1.54) is 70.6 Å². The molecular weight excluding hydrogens is 501 g/mol. The molecule has 0 aromatic carbocycles. The smallest absolute Gasteiger partial charge is 0.384 e. The summed E-state index contributed by atoms with van der Waals surface area (Å²) in [6, 6.07) is -0.269. The van der Waals surface area contributed by atoms with E-state index in [0.717, 1.165) is 12.8 Å². The molecule has 0 aromatic rings. The molecule has 0 aliphatic heterocycles. The lowest BCUT2D eigenvalue weighted by atomic mass is 10.0. The van der Waals surface area contributed by atoms with Crippen molar-refractivity contribution in [3.05, 3.63) is 0 Å². The zero-order chi connectivity index (χ0) is 27.5. The summed E-state index contributed by atoms with van der Waals surface area (Å²) < 4.78 is 47.1. The zero-order valence-corrected chi connectivity index (χ0v) is 25.5. The van der Waals surface area contributed by atoms with E-state index < -0.39 is 17.7 Å². The minimum Gasteiger partial charge on any atom is -0.384 e. The monoisotopic (exact) mass is 558 g/mol. The lowest BCUT2D eigenvalue weighted by Crippen LogP contribution is -2.49. The second kappa shape index (κ2) is 20.0. The van der Waals surface area contributed by atoms with Crippen molar-refractivity contribution < 1.29 is 36.5 Å². The van der Waals surface area contributed by atoms with Crippen LogP contribution in [-0.4, -0.2) is 81.7 Å². The SMILES string of the molecule is CCCCCCCCCCCCCCCCS(=O)(=O)CC(COC)CC(COP(=O)(O)O)[N+](C)(C)C. The number of hydrogen-bond donors (Lipinski definition) is 2. The lowest BCUT2D eigenvalue weighted by molar-refractivity contribution is -0.897. The van der Waals surface area contributed by atoms with E-state index >= 15 is 0 Å². The van der Waals surface area contributed by atoms with Crippen LogP contribution in [0.2, 0.25) is 0 Å². The summed E-state index contributed by atoms with van der Waals surface area (Å²) in [5.41, 5.74) is 0. The minimum absolute atomic E-state index is 0.0195. The largest absolute Gasteiger partial charge is 0.469 e. The van der Waals surface area contributed by atoms with Gasteiger partial charge >= 0.3 is 7.82 Å². The first-order chi connectivity index (χ1) is 16.8. The van der Waals surface area contributed by atoms with E-state index in [-0.39, 0.29) is 36.7 Å². The van der Waals surface area contributed by atoms with E-state index in [1.54, 1.807) is 7.11 Å². The highest BCUT2D eigenvalue weighted by Crippen LogP contribution is 2.36. The average Bonchev–Trinajstić information content (AvgIpc) is 2.75. The van der Waals surface area contributed by atoms with Crippen molar-refractivity contribution in [1.29, 1.82) is 0 Å². The summed E-state index contributed by atoms with van der Waals surface area (Å²) in [7, 11) is -0.570. The topological polar surface area (TPSA) is 110 Å². The fourth-order valence-electron chi connectivity index (χ4n) is 4.55. The minimum atomic E-state index is -4.59. The van der Waals surface area contributed by atoms with Gasteiger partial charge in [-0.15, -0.1) is 0 Å². The predicted octanol–water partition coefficient (Wildman–Crippen LogP) is 5.72. The van der Waals surface area contributed by atoms with Crippen molar-refractivity contribution in [3.63, 3.8) is 0 Å². The highest BCUT2D eigenvalue weighted by molar-refractivity contribution is 7.91. The number of phosphoric ester groups is 1. The third-order valence-electron chi connectivity index (χ3n) is 6.84. The summed E-state index contributed by atoms with van der Waals surface area (Å²) in [5, 5.41) is 0. The number of rotatable bonds is 25. The molecule has 8 nitrogen and oxygen atoms in total. The average molecular weight is 559 g/mol. The van der Waals surface area contributed by atoms with Crippen LogP contribution in [0.25, 0.3) is 0 Å². The number of ether oxygens (including phenoxy) is 1. The molecule has 2 N–H and O–H groups in total. The van der Waals surface area contributed by atoms with Crippen LogP contribution in [0.1, 0.15) is 103 Å². The Morgan fingerprint density at radius 3 is 1.61 bits per heavy atom. The molecule has 2 unspecified atom stereocenters. The van der Waals surface area contributed by atoms with Crippen molar-refractivity contribution in [2.45, 2.75) is 109 Å². The molecule has 0 aliphatic carbocycles. The van der Waals surface area contributed by atoms with Crippen molar-refractivity contribution >= 4 is 17.7 Å². The van der Waals surface area contributed by atoms with Gasteiger partial charge in [0.25, 0.3) is 0 Å². The van der Waals surface area contributed by atoms with Crippen molar-refractivity contribution in [3.8, 4) is 0 Å². The Balaban J connectivity index is 4.23. The maximum absolute atomic E-state index is 12.8. The lowest BCUT2D eigenvalue weighted by Gasteiger charge is -2.36. The van der Waals surface area contributed by atoms with Crippen LogP contribution in [0.3, 0.4) is 0 Å². The van der Waals surface area contributed by atoms with Crippen LogP contribution >= 0.6 is 7.82 Å². The fourth-order valence-corrected chi connectivity index (χ4v) is 6.68. The molecule has 0 saturated heterocycles. The first kappa shape index (κ1) is 36.0. The van der Waals surface area contributed by atoms with Crippen LogP contribution in [0.4, 0.5) is 0 Å². The number of likely N-dealkylation sites (N-methyl/N-ethyl adjacent to an activating group) is 1. The molecule has 36 heavy (non-hydrogen) atoms. The molecule has 0 radical (unpaired) electrons. The number of nitrogens with zero attached hydrogens (tertiary/aromatic N) is 1. The first-order valence-corrected chi connectivity index (χ1v) is 17.4. The van der Waals surface area contributed by atoms with E-state index in [9.17, 15) is 13.0 Å². The maximum atomic E-state index is 12.8. The van der Waals surface area contributed by atoms with Crippen LogP contribution in [0, 0.1) is 5.92 Å². The van der Waals surface area contributed by atoms with E-state index in [2.05, 4.69) is 6.92 Å². The van der Waals surface area contributed by atoms with Gasteiger partial charge in [-0.05, 0) is 6.42 Å². The highest BCUT2D eigenvalue weighted by atomic mass is 32.2. The predicted molar refractivity (Wildman–Crippen MR) is 149 cm³/mol. The van der Waals surface area contributed by atoms with Gasteiger partial charge in [-0.1, -0.05) is 90.4 Å². The van der Waals surface area contributed by atoms with Gasteiger partial charge < -0.3 is 19.0 Å². The Morgan fingerprint density at radius 2 is 1.22 bits per heavy atom. The molecule has 0 bridgehead atoms. The second-order valence-corrected chi connectivity index (χ2v) is 14.8. The highest BCUT2D eigenvalue weighted by Gasteiger charge is 2.32. The van der Waals surface area contributed by atoms with Gasteiger partial charge in [-0.2, -0.15) is 0 Å². The fraction of sp³-hybridized carbons (Fsp3) is 1.00. The molecule has 2 atom stereocenters. The number of quaternary nitrogens is 1. The Morgan fingerprint density at radius 1 is 0.778 bits per heavy atom. The number of methoxy groups -OCH3 is 1. The Labute approximate surface area is 222 Å². The van der Waals surface area contributed by atoms with Gasteiger partial charge in [0.15, 0.2) is 9.84 Å². The van der Waals surface area contributed by atoms with Crippen LogP contribution in [-0.2, 0) is 23.7 Å². The van der Waals surface area contributed by atoms with Gasteiger partial charge in [-0.3, -0.25) is 4.52 Å². The molecule has 0 amide bonds. The molecule has 0 rings (SSSR count). The molecule has 10 heteroatoms. The van der Waals surface area contributed by atoms with Crippen molar-refractivity contribution in [2.24, 2.45) is 5.92 Å². The van der Waals surface area contributed by atoms with Gasteiger partial charge in [0.1, 0.15) is 12.6 Å². The molecule has 0 aromatic heterocycles. The molecule has 0 spiro atoms. The first-order valence-electron chi connectivity index (χ1n) is 14.0. The second-order valence-electron chi connectivity index (χ2n) is 11.3. The maximum Gasteiger partial charge on any atom is 0.469 e. The molecule has 218 valence electrons. The summed E-state index contributed by atoms with van der Waals surface area (Å²) in [6.07, 6.45) is 17.6. The van der Waals surface area contributed by atoms with Gasteiger partial charge in [0.05, 0.1) is 39.3 Å². The standard InChI is InChI=1S/C26H56NO7PS/c1-6-7-8-9-10-11-12-13-14-15-16-17-18-19-20-36(31,32)24-25(22-33-5)21-26(27(2,3)4)23-34-35(28,29)30/h25-26H,6-24H2,1-5H3,(H-,28,29,30)/p+1. The molecule has 0 aliphatic rings. The summed E-state index contributed by atoms with van der Waals surface area (Å²) in [5.74, 6) is -0.0558. The van der Waals surface area contributed by atoms with Gasteiger partial charge in [0.2, 0.25) is 0 Å². The van der Waals surface area contributed by atoms with Gasteiger partial charge in [-0.25, -0.2) is 13.0 Å². The molecular formula is C26H57NO7PS+. The Hall–Kier alpha value is -0.0200. The normalized spacial score (nSPS) is 14.8. The van der Waals surface area contributed by atoms with E-state index in [0.29, 0.717) is 17.3 Å². The summed E-state index contributed by atoms with van der Waals surface area (Å²) in [4.78, 5) is 18.1. The number of unbranched alkanes of at least 4 members (excludes halogenated alkanes) is 13. The third-order valence-corrected chi connectivity index (χ3v) is 9.21. The van der Waals surface area contributed by atoms with E-state index in [1.807, 2.05) is 21.1 Å². The number of hydrogen-bond acceptors (Lipinski definition) is 5. The quantitative estimate of drug-likeness (QED) is 0.0838. The summed E-state index contributed by atoms with van der Waals surface area (Å²) in [6.45, 7) is 2.39. The molecule has 0 fully saturated rings. The summed E-state index contributed by atoms with van der Waals surface area (Å²) >= 11 is 0. The Bertz CT molecular complexity index is 676. The zero-order valence-electron chi connectivity index (χ0n) is 23.8. The van der Waals surface area contributed by atoms with Gasteiger partial charge in [0, 0.05) is 19.4 Å². The molecule has 0 heterocycles. The third kappa shape index (κ3) is 22.0. The van der Waals surface area contributed by atoms with E-state index in [4.69, 9.17) is 19.0 Å². The number of sulfone groups is 1. The Kier molecular flexibility index (Phi) is 20.0. The van der Waals surface area contributed by atoms with Crippen LogP contribution in [0.5, 0.6) is 0 Å². The van der Waals surface area contributed by atoms with Crippen molar-refractivity contribution in [1.82, 2.24) is 0 Å². The van der Waals surface area contributed by atoms with Crippen LogP contribution in [0.15, 0.2) is 0 Å². The number of phosphoric acid groups is 1. The van der Waals surface area contributed by atoms with Crippen molar-refractivity contribution in [2.75, 3.05) is 53.0 Å². The van der Waals surface area contributed by atoms with Crippen LogP contribution < -0.4 is 0 Å². The molecule has 0 saturated carbocycles.